The molecule has 3 nitrogen and oxygen atoms in total. The Bertz CT molecular complexity index is 2950. The van der Waals surface area contributed by atoms with Crippen molar-refractivity contribution in [1.29, 1.82) is 0 Å². The number of nitrogens with zero attached hydrogens (tertiary/aromatic N) is 2. The highest BCUT2D eigenvalue weighted by molar-refractivity contribution is 6.06. The Morgan fingerprint density at radius 1 is 0.302 bits per heavy atom. The SMILES string of the molecule is c1ccc(-c2nc(-c3cc(-c4ccc5ccccc5c4)cc(-c4ccc5c(c4)oc4ccccc45)c3)cc(-c3ccccc3-c3ccccc3)n2)cc1. The Morgan fingerprint density at radius 3 is 1.70 bits per heavy atom. The number of rotatable bonds is 6. The van der Waals surface area contributed by atoms with Crippen LogP contribution in [-0.2, 0) is 0 Å². The van der Waals surface area contributed by atoms with Crippen LogP contribution in [0.2, 0.25) is 0 Å². The molecule has 248 valence electrons. The van der Waals surface area contributed by atoms with Crippen LogP contribution in [-0.4, -0.2) is 9.97 Å². The molecule has 0 aliphatic rings. The average molecular weight is 677 g/mol. The van der Waals surface area contributed by atoms with E-state index in [1.165, 1.54) is 10.8 Å². The molecule has 2 heterocycles. The molecule has 10 rings (SSSR count). The molecule has 0 fully saturated rings. The van der Waals surface area contributed by atoms with Crippen molar-refractivity contribution in [2.45, 2.75) is 0 Å². The molecule has 8 aromatic carbocycles. The summed E-state index contributed by atoms with van der Waals surface area (Å²) >= 11 is 0. The van der Waals surface area contributed by atoms with E-state index in [-0.39, 0.29) is 0 Å². The van der Waals surface area contributed by atoms with E-state index in [0.29, 0.717) is 5.82 Å². The summed E-state index contributed by atoms with van der Waals surface area (Å²) in [6, 6.07) is 68.1. The minimum atomic E-state index is 0.683. The first-order chi connectivity index (χ1) is 26.2. The van der Waals surface area contributed by atoms with E-state index in [4.69, 9.17) is 14.4 Å². The molecule has 0 N–H and O–H groups in total. The molecule has 0 saturated carbocycles. The van der Waals surface area contributed by atoms with Gasteiger partial charge in [0.05, 0.1) is 11.4 Å². The fraction of sp³-hybridized carbons (Fsp3) is 0. The van der Waals surface area contributed by atoms with Crippen LogP contribution < -0.4 is 0 Å². The predicted octanol–water partition coefficient (Wildman–Crippen LogP) is 13.5. The van der Waals surface area contributed by atoms with E-state index in [1.54, 1.807) is 0 Å². The van der Waals surface area contributed by atoms with Crippen molar-refractivity contribution in [2.24, 2.45) is 0 Å². The summed E-state index contributed by atoms with van der Waals surface area (Å²) in [4.78, 5) is 10.5. The fourth-order valence-corrected chi connectivity index (χ4v) is 7.41. The molecule has 10 aromatic rings. The van der Waals surface area contributed by atoms with E-state index in [1.807, 2.05) is 30.3 Å². The highest BCUT2D eigenvalue weighted by atomic mass is 16.3. The van der Waals surface area contributed by atoms with Gasteiger partial charge in [0.1, 0.15) is 11.2 Å². The number of hydrogen-bond donors (Lipinski definition) is 0. The van der Waals surface area contributed by atoms with Crippen LogP contribution in [0.3, 0.4) is 0 Å². The minimum absolute atomic E-state index is 0.683. The maximum atomic E-state index is 6.35. The van der Waals surface area contributed by atoms with Gasteiger partial charge in [-0.25, -0.2) is 9.97 Å². The van der Waals surface area contributed by atoms with Gasteiger partial charge in [0.25, 0.3) is 0 Å². The van der Waals surface area contributed by atoms with Crippen molar-refractivity contribution < 1.29 is 4.42 Å². The van der Waals surface area contributed by atoms with Crippen LogP contribution in [0.15, 0.2) is 199 Å². The fourth-order valence-electron chi connectivity index (χ4n) is 7.41. The number of benzene rings is 8. The molecule has 0 atom stereocenters. The first kappa shape index (κ1) is 30.7. The summed E-state index contributed by atoms with van der Waals surface area (Å²) in [5, 5.41) is 4.65. The van der Waals surface area contributed by atoms with Crippen LogP contribution >= 0.6 is 0 Å². The van der Waals surface area contributed by atoms with Crippen LogP contribution in [0.25, 0.3) is 100.0 Å². The van der Waals surface area contributed by atoms with Gasteiger partial charge in [-0.3, -0.25) is 0 Å². The zero-order valence-corrected chi connectivity index (χ0v) is 28.8. The highest BCUT2D eigenvalue weighted by Crippen LogP contribution is 2.39. The van der Waals surface area contributed by atoms with Crippen molar-refractivity contribution in [3.8, 4) is 67.3 Å². The Morgan fingerprint density at radius 2 is 0.887 bits per heavy atom. The van der Waals surface area contributed by atoms with Gasteiger partial charge < -0.3 is 4.42 Å². The van der Waals surface area contributed by atoms with E-state index < -0.39 is 0 Å². The standard InChI is InChI=1S/C50H32N2O/c1-3-14-34(15-4-1)42-19-9-10-20-43(42)47-32-46(51-50(52-47)35-16-5-2-6-17-35)41-29-39(37-24-23-33-13-7-8-18-36(33)27-37)28-40(30-41)38-25-26-45-44-21-11-12-22-48(44)53-49(45)31-38/h1-32H. The third-order valence-corrected chi connectivity index (χ3v) is 10.1. The quantitative estimate of drug-likeness (QED) is 0.176. The average Bonchev–Trinajstić information content (AvgIpc) is 3.62. The maximum absolute atomic E-state index is 6.35. The third kappa shape index (κ3) is 5.75. The van der Waals surface area contributed by atoms with Crippen LogP contribution in [0, 0.1) is 0 Å². The van der Waals surface area contributed by atoms with Crippen LogP contribution in [0.5, 0.6) is 0 Å². The zero-order chi connectivity index (χ0) is 35.1. The van der Waals surface area contributed by atoms with Crippen molar-refractivity contribution in [3.63, 3.8) is 0 Å². The summed E-state index contributed by atoms with van der Waals surface area (Å²) in [5.41, 5.74) is 13.2. The Balaban J connectivity index is 1.20. The van der Waals surface area contributed by atoms with Crippen molar-refractivity contribution >= 4 is 32.7 Å². The van der Waals surface area contributed by atoms with Gasteiger partial charge in [0, 0.05) is 27.5 Å². The molecule has 53 heavy (non-hydrogen) atoms. The predicted molar refractivity (Wildman–Crippen MR) is 219 cm³/mol. The molecule has 0 bridgehead atoms. The highest BCUT2D eigenvalue weighted by Gasteiger charge is 2.17. The molecule has 0 radical (unpaired) electrons. The Hall–Kier alpha value is -7.10. The monoisotopic (exact) mass is 676 g/mol. The van der Waals surface area contributed by atoms with Gasteiger partial charge in [-0.2, -0.15) is 0 Å². The molecule has 0 unspecified atom stereocenters. The third-order valence-electron chi connectivity index (χ3n) is 10.1. The lowest BCUT2D eigenvalue weighted by Crippen LogP contribution is -1.97. The van der Waals surface area contributed by atoms with Gasteiger partial charge in [-0.05, 0) is 92.7 Å². The summed E-state index contributed by atoms with van der Waals surface area (Å²) in [7, 11) is 0. The van der Waals surface area contributed by atoms with Gasteiger partial charge in [-0.1, -0.05) is 146 Å². The molecule has 0 aliphatic carbocycles. The van der Waals surface area contributed by atoms with Gasteiger partial charge in [0.2, 0.25) is 0 Å². The van der Waals surface area contributed by atoms with Crippen LogP contribution in [0.4, 0.5) is 0 Å². The second-order valence-electron chi connectivity index (χ2n) is 13.4. The normalized spacial score (nSPS) is 11.4. The lowest BCUT2D eigenvalue weighted by atomic mass is 9.92. The summed E-state index contributed by atoms with van der Waals surface area (Å²) < 4.78 is 6.35. The topological polar surface area (TPSA) is 38.9 Å². The van der Waals surface area contributed by atoms with Crippen LogP contribution in [0.1, 0.15) is 0 Å². The number of para-hydroxylation sites is 1. The molecule has 0 spiro atoms. The second-order valence-corrected chi connectivity index (χ2v) is 13.4. The second kappa shape index (κ2) is 12.9. The smallest absolute Gasteiger partial charge is 0.160 e. The molecule has 0 saturated heterocycles. The number of aromatic nitrogens is 2. The minimum Gasteiger partial charge on any atom is -0.456 e. The Labute approximate surface area is 307 Å². The van der Waals surface area contributed by atoms with E-state index >= 15 is 0 Å². The summed E-state index contributed by atoms with van der Waals surface area (Å²) in [6.07, 6.45) is 0. The molecule has 3 heteroatoms. The Kier molecular flexibility index (Phi) is 7.47. The molecule has 0 aliphatic heterocycles. The maximum Gasteiger partial charge on any atom is 0.160 e. The van der Waals surface area contributed by atoms with Crippen molar-refractivity contribution in [3.05, 3.63) is 194 Å². The summed E-state index contributed by atoms with van der Waals surface area (Å²) in [5.74, 6) is 0.683. The molecule has 0 amide bonds. The number of furan rings is 1. The first-order valence-electron chi connectivity index (χ1n) is 17.9. The molecular weight excluding hydrogens is 645 g/mol. The number of fused-ring (bicyclic) bond motifs is 4. The lowest BCUT2D eigenvalue weighted by Gasteiger charge is -2.15. The largest absolute Gasteiger partial charge is 0.456 e. The van der Waals surface area contributed by atoms with Gasteiger partial charge in [0.15, 0.2) is 5.82 Å². The van der Waals surface area contributed by atoms with Gasteiger partial charge in [-0.15, -0.1) is 0 Å². The van der Waals surface area contributed by atoms with E-state index in [2.05, 4.69) is 164 Å². The molecular formula is C50H32N2O. The lowest BCUT2D eigenvalue weighted by molar-refractivity contribution is 0.669. The van der Waals surface area contributed by atoms with Gasteiger partial charge >= 0.3 is 0 Å². The van der Waals surface area contributed by atoms with E-state index in [9.17, 15) is 0 Å². The molecule has 2 aromatic heterocycles. The zero-order valence-electron chi connectivity index (χ0n) is 28.8. The first-order valence-corrected chi connectivity index (χ1v) is 17.9. The van der Waals surface area contributed by atoms with Crippen molar-refractivity contribution in [2.75, 3.05) is 0 Å². The number of hydrogen-bond acceptors (Lipinski definition) is 3. The van der Waals surface area contributed by atoms with Crippen molar-refractivity contribution in [1.82, 2.24) is 9.97 Å². The summed E-state index contributed by atoms with van der Waals surface area (Å²) in [6.45, 7) is 0. The van der Waals surface area contributed by atoms with E-state index in [0.717, 1.165) is 83.4 Å².